The van der Waals surface area contributed by atoms with E-state index >= 15 is 0 Å². The zero-order valence-electron chi connectivity index (χ0n) is 31.7. The molecular formula is C45H56N2O4. The largest absolute Gasteiger partial charge is 0.507 e. The van der Waals surface area contributed by atoms with Gasteiger partial charge in [-0.3, -0.25) is 9.59 Å². The maximum absolute atomic E-state index is 12.9. The Kier molecular flexibility index (Phi) is 12.0. The zero-order chi connectivity index (χ0) is 36.8. The van der Waals surface area contributed by atoms with Gasteiger partial charge in [-0.1, -0.05) is 78.6 Å². The van der Waals surface area contributed by atoms with Crippen molar-refractivity contribution in [3.63, 3.8) is 0 Å². The van der Waals surface area contributed by atoms with Gasteiger partial charge in [0.25, 0.3) is 11.8 Å². The molecule has 6 nitrogen and oxygen atoms in total. The minimum Gasteiger partial charge on any atom is -0.507 e. The fraction of sp³-hybridized carbons (Fsp3) is 0.422. The predicted molar refractivity (Wildman–Crippen MR) is 210 cm³/mol. The highest BCUT2D eigenvalue weighted by molar-refractivity contribution is 6.07. The Labute approximate surface area is 305 Å². The molecule has 2 aliphatic rings. The van der Waals surface area contributed by atoms with Gasteiger partial charge in [-0.25, -0.2) is 0 Å². The molecule has 2 amide bonds. The smallest absolute Gasteiger partial charge is 0.259 e. The second-order valence-corrected chi connectivity index (χ2v) is 16.1. The summed E-state index contributed by atoms with van der Waals surface area (Å²) in [5.41, 5.74) is 10.2. The highest BCUT2D eigenvalue weighted by atomic mass is 16.5. The van der Waals surface area contributed by atoms with E-state index in [2.05, 4.69) is 70.4 Å². The second-order valence-electron chi connectivity index (χ2n) is 16.1. The van der Waals surface area contributed by atoms with Crippen LogP contribution in [0.15, 0.2) is 72.8 Å². The van der Waals surface area contributed by atoms with Crippen molar-refractivity contribution in [3.8, 4) is 11.5 Å². The molecule has 0 bridgehead atoms. The predicted octanol–water partition coefficient (Wildman–Crippen LogP) is 10.7. The maximum atomic E-state index is 12.9. The van der Waals surface area contributed by atoms with Gasteiger partial charge >= 0.3 is 0 Å². The number of ether oxygens (including phenoxy) is 1. The molecular weight excluding hydrogens is 633 g/mol. The van der Waals surface area contributed by atoms with Gasteiger partial charge < -0.3 is 20.5 Å². The molecule has 0 heterocycles. The molecule has 4 aromatic rings. The van der Waals surface area contributed by atoms with Crippen LogP contribution in [0.1, 0.15) is 134 Å². The monoisotopic (exact) mass is 688 g/mol. The lowest BCUT2D eigenvalue weighted by molar-refractivity contribution is 0.101. The van der Waals surface area contributed by atoms with E-state index in [-0.39, 0.29) is 28.4 Å². The van der Waals surface area contributed by atoms with Crippen molar-refractivity contribution in [1.29, 1.82) is 0 Å². The Morgan fingerprint density at radius 1 is 0.549 bits per heavy atom. The van der Waals surface area contributed by atoms with Crippen molar-refractivity contribution < 1.29 is 19.4 Å². The summed E-state index contributed by atoms with van der Waals surface area (Å²) >= 11 is 0. The molecule has 0 saturated carbocycles. The van der Waals surface area contributed by atoms with Gasteiger partial charge in [0.15, 0.2) is 0 Å². The van der Waals surface area contributed by atoms with E-state index in [4.69, 9.17) is 4.74 Å². The van der Waals surface area contributed by atoms with Gasteiger partial charge in [0.2, 0.25) is 0 Å². The van der Waals surface area contributed by atoms with Crippen LogP contribution in [0.3, 0.4) is 0 Å². The minimum absolute atomic E-state index is 0.0736. The normalized spacial score (nSPS) is 14.4. The van der Waals surface area contributed by atoms with Crippen LogP contribution >= 0.6 is 0 Å². The number of phenolic OH excluding ortho intramolecular Hbond substituents is 1. The highest BCUT2D eigenvalue weighted by Crippen LogP contribution is 2.31. The number of methoxy groups -OCH3 is 1. The van der Waals surface area contributed by atoms with Gasteiger partial charge in [-0.2, -0.15) is 0 Å². The molecule has 6 heteroatoms. The van der Waals surface area contributed by atoms with Crippen molar-refractivity contribution in [2.45, 2.75) is 117 Å². The molecule has 3 N–H and O–H groups in total. The molecule has 0 radical (unpaired) electrons. The van der Waals surface area contributed by atoms with E-state index in [1.165, 1.54) is 59.1 Å². The summed E-state index contributed by atoms with van der Waals surface area (Å²) in [7, 11) is 1.63. The Morgan fingerprint density at radius 3 is 1.33 bits per heavy atom. The van der Waals surface area contributed by atoms with E-state index in [9.17, 15) is 14.7 Å². The third-order valence-corrected chi connectivity index (χ3v) is 10.1. The highest BCUT2D eigenvalue weighted by Gasteiger charge is 2.20. The van der Waals surface area contributed by atoms with Crippen LogP contribution < -0.4 is 15.4 Å². The van der Waals surface area contributed by atoms with Crippen LogP contribution in [-0.2, 0) is 36.5 Å². The van der Waals surface area contributed by atoms with E-state index in [0.29, 0.717) is 16.9 Å². The van der Waals surface area contributed by atoms with Crippen molar-refractivity contribution in [3.05, 3.63) is 117 Å². The van der Waals surface area contributed by atoms with Gasteiger partial charge in [0.1, 0.15) is 11.5 Å². The third kappa shape index (κ3) is 9.81. The number of fused-ring (bicyclic) bond motifs is 2. The van der Waals surface area contributed by atoms with Crippen LogP contribution in [-0.4, -0.2) is 24.0 Å². The van der Waals surface area contributed by atoms with Gasteiger partial charge in [-0.15, -0.1) is 0 Å². The number of carbonyl (C=O) groups excluding carboxylic acids is 2. The van der Waals surface area contributed by atoms with Gasteiger partial charge in [-0.05, 0) is 144 Å². The average molecular weight is 689 g/mol. The van der Waals surface area contributed by atoms with Crippen LogP contribution in [0, 0.1) is 0 Å². The second kappa shape index (κ2) is 16.2. The fourth-order valence-corrected chi connectivity index (χ4v) is 6.92. The van der Waals surface area contributed by atoms with E-state index in [1.807, 2.05) is 48.5 Å². The molecule has 0 saturated heterocycles. The fourth-order valence-electron chi connectivity index (χ4n) is 6.92. The maximum Gasteiger partial charge on any atom is 0.259 e. The Morgan fingerprint density at radius 2 is 0.922 bits per heavy atom. The summed E-state index contributed by atoms with van der Waals surface area (Å²) in [6.07, 6.45) is 11.2. The molecule has 4 aromatic carbocycles. The van der Waals surface area contributed by atoms with Crippen LogP contribution in [0.25, 0.3) is 0 Å². The van der Waals surface area contributed by atoms with Gasteiger partial charge in [0.05, 0.1) is 18.2 Å². The summed E-state index contributed by atoms with van der Waals surface area (Å²) in [5, 5.41) is 16.2. The first kappa shape index (κ1) is 37.7. The van der Waals surface area contributed by atoms with E-state index in [1.54, 1.807) is 13.2 Å². The first-order valence-corrected chi connectivity index (χ1v) is 18.6. The number of amides is 2. The first-order chi connectivity index (χ1) is 24.2. The number of nitrogens with one attached hydrogen (secondary N) is 2. The summed E-state index contributed by atoms with van der Waals surface area (Å²) in [6.45, 7) is 13.0. The average Bonchev–Trinajstić information content (AvgIpc) is 3.47. The number of aromatic hydroxyl groups is 1. The Hall–Kier alpha value is -4.58. The quantitative estimate of drug-likeness (QED) is 0.182. The number of aryl methyl sites for hydroxylation is 4. The number of hydrogen-bond acceptors (Lipinski definition) is 4. The Balaban J connectivity index is 0.000000198. The number of rotatable bonds is 5. The van der Waals surface area contributed by atoms with Crippen LogP contribution in [0.4, 0.5) is 11.4 Å². The summed E-state index contributed by atoms with van der Waals surface area (Å²) in [6, 6.07) is 23.7. The third-order valence-electron chi connectivity index (χ3n) is 10.1. The molecule has 0 spiro atoms. The standard InChI is InChI=1S/C23H29NO2.C22H27NO2/c1-23(2,3)18-10-12-19(13-11-18)24-22(25)20-14-16-8-6-5-7-9-17(16)15-21(20)26-4;1-22(2,3)17-9-11-18(12-10-17)23-21(25)19-13-15-7-5-4-6-8-16(15)14-20(19)24/h10-15H,5-9H2,1-4H3,(H,24,25);9-14,24H,4-8H2,1-3H3,(H,23,25). The van der Waals surface area contributed by atoms with Gasteiger partial charge in [0, 0.05) is 11.4 Å². The molecule has 51 heavy (non-hydrogen) atoms. The lowest BCUT2D eigenvalue weighted by atomic mass is 9.87. The van der Waals surface area contributed by atoms with E-state index < -0.39 is 0 Å². The van der Waals surface area contributed by atoms with Crippen molar-refractivity contribution >= 4 is 23.2 Å². The van der Waals surface area contributed by atoms with E-state index in [0.717, 1.165) is 49.9 Å². The lowest BCUT2D eigenvalue weighted by Crippen LogP contribution is -2.15. The minimum atomic E-state index is -0.256. The molecule has 0 fully saturated rings. The number of phenols is 1. The first-order valence-electron chi connectivity index (χ1n) is 18.6. The topological polar surface area (TPSA) is 87.7 Å². The van der Waals surface area contributed by atoms with Crippen LogP contribution in [0.5, 0.6) is 11.5 Å². The molecule has 270 valence electrons. The number of anilines is 2. The molecule has 0 atom stereocenters. The summed E-state index contributed by atoms with van der Waals surface area (Å²) < 4.78 is 5.51. The molecule has 0 unspecified atom stereocenters. The van der Waals surface area contributed by atoms with Crippen molar-refractivity contribution in [2.75, 3.05) is 17.7 Å². The number of benzene rings is 4. The molecule has 6 rings (SSSR count). The number of carbonyl (C=O) groups is 2. The zero-order valence-corrected chi connectivity index (χ0v) is 31.7. The lowest BCUT2D eigenvalue weighted by Gasteiger charge is -2.19. The summed E-state index contributed by atoms with van der Waals surface area (Å²) in [4.78, 5) is 25.5. The molecule has 0 aromatic heterocycles. The summed E-state index contributed by atoms with van der Waals surface area (Å²) in [5.74, 6) is 0.365. The SMILES string of the molecule is CC(C)(C)c1ccc(NC(=O)c2cc3c(cc2O)CCCCC3)cc1.COc1cc2c(cc1C(=O)Nc1ccc(C(C)(C)C)cc1)CCCCC2. The molecule has 2 aliphatic carbocycles. The van der Waals surface area contributed by atoms with Crippen molar-refractivity contribution in [2.24, 2.45) is 0 Å². The Bertz CT molecular complexity index is 1830. The van der Waals surface area contributed by atoms with Crippen LogP contribution in [0.2, 0.25) is 0 Å². The number of hydrogen-bond donors (Lipinski definition) is 3. The molecule has 0 aliphatic heterocycles. The van der Waals surface area contributed by atoms with Crippen molar-refractivity contribution in [1.82, 2.24) is 0 Å².